The molecule has 0 aliphatic rings. The highest BCUT2D eigenvalue weighted by Gasteiger charge is 2.16. The molecule has 0 atom stereocenters. The van der Waals surface area contributed by atoms with E-state index in [1.165, 1.54) is 17.2 Å². The minimum atomic E-state index is -0.322. The average Bonchev–Trinajstić information content (AvgIpc) is 2.39. The lowest BCUT2D eigenvalue weighted by molar-refractivity contribution is 0.0776. The molecule has 1 N–H and O–H groups in total. The molecule has 0 saturated heterocycles. The fourth-order valence-electron chi connectivity index (χ4n) is 1.58. The van der Waals surface area contributed by atoms with Crippen molar-refractivity contribution >= 4 is 5.91 Å². The third-order valence-corrected chi connectivity index (χ3v) is 2.48. The lowest BCUT2D eigenvalue weighted by atomic mass is 10.2. The highest BCUT2D eigenvalue weighted by Crippen LogP contribution is 2.15. The first-order valence-electron chi connectivity index (χ1n) is 5.47. The Labute approximate surface area is 105 Å². The van der Waals surface area contributed by atoms with Gasteiger partial charge in [-0.05, 0) is 23.8 Å². The van der Waals surface area contributed by atoms with E-state index >= 15 is 0 Å². The normalized spacial score (nSPS) is 10.1. The molecule has 92 valence electrons. The maximum Gasteiger partial charge on any atom is 0.276 e. The Hall–Kier alpha value is -2.43. The summed E-state index contributed by atoms with van der Waals surface area (Å²) in [5.41, 5.74) is 0.979. The van der Waals surface area contributed by atoms with E-state index < -0.39 is 0 Å². The van der Waals surface area contributed by atoms with E-state index in [0.29, 0.717) is 6.54 Å². The summed E-state index contributed by atoms with van der Waals surface area (Å²) in [4.78, 5) is 21.4. The second kappa shape index (κ2) is 5.27. The number of carbonyl (C=O) groups excluding carboxylic acids is 1. The SMILES string of the molecule is CN(Cc1cccnc1)C(=O)c1ncccc1O. The van der Waals surface area contributed by atoms with Gasteiger partial charge < -0.3 is 10.0 Å². The topological polar surface area (TPSA) is 66.3 Å². The molecule has 2 aromatic rings. The predicted molar refractivity (Wildman–Crippen MR) is 65.9 cm³/mol. The summed E-state index contributed by atoms with van der Waals surface area (Å²) in [6.07, 6.45) is 4.85. The van der Waals surface area contributed by atoms with Crippen LogP contribution in [0.15, 0.2) is 42.9 Å². The summed E-state index contributed by atoms with van der Waals surface area (Å²) in [5.74, 6) is -0.433. The van der Waals surface area contributed by atoms with Crippen molar-refractivity contribution in [1.82, 2.24) is 14.9 Å². The first-order valence-corrected chi connectivity index (χ1v) is 5.47. The quantitative estimate of drug-likeness (QED) is 0.886. The smallest absolute Gasteiger partial charge is 0.276 e. The molecule has 2 aromatic heterocycles. The number of pyridine rings is 2. The lowest BCUT2D eigenvalue weighted by Gasteiger charge is -2.16. The van der Waals surface area contributed by atoms with Gasteiger partial charge in [-0.3, -0.25) is 9.78 Å². The van der Waals surface area contributed by atoms with Gasteiger partial charge in [0.15, 0.2) is 5.69 Å². The van der Waals surface area contributed by atoms with Crippen LogP contribution in [0.5, 0.6) is 5.75 Å². The van der Waals surface area contributed by atoms with Crippen molar-refractivity contribution in [2.24, 2.45) is 0 Å². The van der Waals surface area contributed by atoms with Crippen LogP contribution in [0.3, 0.4) is 0 Å². The first-order chi connectivity index (χ1) is 8.68. The van der Waals surface area contributed by atoms with Crippen LogP contribution in [0.25, 0.3) is 0 Å². The highest BCUT2D eigenvalue weighted by molar-refractivity contribution is 5.94. The van der Waals surface area contributed by atoms with Crippen molar-refractivity contribution < 1.29 is 9.90 Å². The molecule has 1 amide bonds. The maximum atomic E-state index is 12.1. The Morgan fingerprint density at radius 2 is 2.11 bits per heavy atom. The van der Waals surface area contributed by atoms with Gasteiger partial charge in [-0.15, -0.1) is 0 Å². The molecule has 0 saturated carbocycles. The number of carbonyl (C=O) groups is 1. The van der Waals surface area contributed by atoms with Crippen LogP contribution in [-0.4, -0.2) is 32.9 Å². The van der Waals surface area contributed by atoms with Gasteiger partial charge in [0, 0.05) is 32.2 Å². The zero-order valence-electron chi connectivity index (χ0n) is 9.95. The standard InChI is InChI=1S/C13H13N3O2/c1-16(9-10-4-2-6-14-8-10)13(18)12-11(17)5-3-7-15-12/h2-8,17H,9H2,1H3. The van der Waals surface area contributed by atoms with E-state index in [2.05, 4.69) is 9.97 Å². The van der Waals surface area contributed by atoms with Gasteiger partial charge >= 0.3 is 0 Å². The molecule has 5 heteroatoms. The number of aromatic nitrogens is 2. The summed E-state index contributed by atoms with van der Waals surface area (Å²) in [6, 6.07) is 6.71. The summed E-state index contributed by atoms with van der Waals surface area (Å²) >= 11 is 0. The van der Waals surface area contributed by atoms with E-state index in [9.17, 15) is 9.90 Å². The number of aromatic hydroxyl groups is 1. The molecule has 0 radical (unpaired) electrons. The van der Waals surface area contributed by atoms with Gasteiger partial charge in [-0.25, -0.2) is 4.98 Å². The van der Waals surface area contributed by atoms with Crippen molar-refractivity contribution in [2.45, 2.75) is 6.54 Å². The van der Waals surface area contributed by atoms with Gasteiger partial charge in [-0.2, -0.15) is 0 Å². The molecule has 5 nitrogen and oxygen atoms in total. The molecule has 0 fully saturated rings. The van der Waals surface area contributed by atoms with Crippen LogP contribution in [0.1, 0.15) is 16.1 Å². The Morgan fingerprint density at radius 3 is 2.78 bits per heavy atom. The zero-order chi connectivity index (χ0) is 13.0. The second-order valence-corrected chi connectivity index (χ2v) is 3.89. The molecule has 18 heavy (non-hydrogen) atoms. The number of hydrogen-bond acceptors (Lipinski definition) is 4. The average molecular weight is 243 g/mol. The van der Waals surface area contributed by atoms with E-state index in [1.54, 1.807) is 25.5 Å². The lowest BCUT2D eigenvalue weighted by Crippen LogP contribution is -2.27. The van der Waals surface area contributed by atoms with E-state index in [-0.39, 0.29) is 17.4 Å². The van der Waals surface area contributed by atoms with Gasteiger partial charge in [0.25, 0.3) is 5.91 Å². The largest absolute Gasteiger partial charge is 0.505 e. The maximum absolute atomic E-state index is 12.1. The van der Waals surface area contributed by atoms with Crippen molar-refractivity contribution in [2.75, 3.05) is 7.05 Å². The van der Waals surface area contributed by atoms with Crippen LogP contribution in [0.4, 0.5) is 0 Å². The summed E-state index contributed by atoms with van der Waals surface area (Å²) in [6.45, 7) is 0.419. The Balaban J connectivity index is 2.13. The van der Waals surface area contributed by atoms with Crippen molar-refractivity contribution in [3.05, 3.63) is 54.1 Å². The van der Waals surface area contributed by atoms with E-state index in [4.69, 9.17) is 0 Å². The molecule has 2 rings (SSSR count). The second-order valence-electron chi connectivity index (χ2n) is 3.89. The highest BCUT2D eigenvalue weighted by atomic mass is 16.3. The number of nitrogens with zero attached hydrogens (tertiary/aromatic N) is 3. The van der Waals surface area contributed by atoms with Crippen molar-refractivity contribution in [3.63, 3.8) is 0 Å². The van der Waals surface area contributed by atoms with E-state index in [0.717, 1.165) is 5.56 Å². The predicted octanol–water partition coefficient (Wildman–Crippen LogP) is 1.45. The van der Waals surface area contributed by atoms with Crippen LogP contribution in [-0.2, 0) is 6.54 Å². The van der Waals surface area contributed by atoms with Crippen LogP contribution in [0.2, 0.25) is 0 Å². The molecule has 0 spiro atoms. The monoisotopic (exact) mass is 243 g/mol. The van der Waals surface area contributed by atoms with Crippen LogP contribution in [0, 0.1) is 0 Å². The van der Waals surface area contributed by atoms with Crippen molar-refractivity contribution in [3.8, 4) is 5.75 Å². The fraction of sp³-hybridized carbons (Fsp3) is 0.154. The van der Waals surface area contributed by atoms with Gasteiger partial charge in [0.2, 0.25) is 0 Å². The first kappa shape index (κ1) is 12.0. The minimum Gasteiger partial charge on any atom is -0.505 e. The summed E-state index contributed by atoms with van der Waals surface area (Å²) in [7, 11) is 1.66. The minimum absolute atomic E-state index is 0.0592. The summed E-state index contributed by atoms with van der Waals surface area (Å²) < 4.78 is 0. The molecule has 0 unspecified atom stereocenters. The Kier molecular flexibility index (Phi) is 3.52. The van der Waals surface area contributed by atoms with Crippen molar-refractivity contribution in [1.29, 1.82) is 0 Å². The van der Waals surface area contributed by atoms with Gasteiger partial charge in [-0.1, -0.05) is 6.07 Å². The molecule has 0 bridgehead atoms. The fourth-order valence-corrected chi connectivity index (χ4v) is 1.58. The third-order valence-electron chi connectivity index (χ3n) is 2.48. The van der Waals surface area contributed by atoms with Gasteiger partial charge in [0.05, 0.1) is 0 Å². The van der Waals surface area contributed by atoms with Crippen LogP contribution < -0.4 is 0 Å². The number of hydrogen-bond donors (Lipinski definition) is 1. The third kappa shape index (κ3) is 2.63. The number of rotatable bonds is 3. The molecular weight excluding hydrogens is 230 g/mol. The molecule has 0 aromatic carbocycles. The van der Waals surface area contributed by atoms with E-state index in [1.807, 2.05) is 12.1 Å². The zero-order valence-corrected chi connectivity index (χ0v) is 9.95. The van der Waals surface area contributed by atoms with Crippen LogP contribution >= 0.6 is 0 Å². The molecule has 2 heterocycles. The number of amides is 1. The Morgan fingerprint density at radius 1 is 1.33 bits per heavy atom. The summed E-state index contributed by atoms with van der Waals surface area (Å²) in [5, 5.41) is 9.57. The molecule has 0 aliphatic carbocycles. The molecule has 0 aliphatic heterocycles. The molecular formula is C13H13N3O2. The Bertz CT molecular complexity index is 543. The van der Waals surface area contributed by atoms with Gasteiger partial charge in [0.1, 0.15) is 5.75 Å².